The third kappa shape index (κ3) is 2.63. The molecule has 0 radical (unpaired) electrons. The van der Waals surface area contributed by atoms with Crippen LogP contribution in [0.25, 0.3) is 0 Å². The number of carbonyl (C=O) groups is 1. The van der Waals surface area contributed by atoms with Crippen LogP contribution in [0.1, 0.15) is 10.4 Å². The molecule has 0 aliphatic heterocycles. The second-order valence-electron chi connectivity index (χ2n) is 2.53. The minimum Gasteiger partial charge on any atom is -0.545 e. The highest BCUT2D eigenvalue weighted by Gasteiger charge is 1.92. The van der Waals surface area contributed by atoms with Crippen molar-refractivity contribution in [3.63, 3.8) is 0 Å². The van der Waals surface area contributed by atoms with Gasteiger partial charge in [-0.05, 0) is 17.7 Å². The molecule has 0 unspecified atom stereocenters. The quantitative estimate of drug-likeness (QED) is 0.685. The number of carboxylic acids is 1. The minimum absolute atomic E-state index is 0.184. The van der Waals surface area contributed by atoms with Crippen LogP contribution in [0.15, 0.2) is 36.9 Å². The highest BCUT2D eigenvalue weighted by atomic mass is 16.4. The molecule has 1 rings (SSSR count). The molecule has 3 nitrogen and oxygen atoms in total. The Kier molecular flexibility index (Phi) is 3.09. The standard InChI is InChI=1S/C10H11NO2/c1-2-7-11-9-5-3-8(4-6-9)10(12)13/h2-6,11H,1,7H2,(H,12,13)/p-1. The van der Waals surface area contributed by atoms with Gasteiger partial charge in [0.05, 0.1) is 5.97 Å². The largest absolute Gasteiger partial charge is 0.545 e. The first kappa shape index (κ1) is 9.32. The molecule has 0 fully saturated rings. The van der Waals surface area contributed by atoms with Crippen molar-refractivity contribution in [2.75, 3.05) is 11.9 Å². The monoisotopic (exact) mass is 176 g/mol. The molecule has 13 heavy (non-hydrogen) atoms. The van der Waals surface area contributed by atoms with Crippen molar-refractivity contribution in [2.24, 2.45) is 0 Å². The van der Waals surface area contributed by atoms with Gasteiger partial charge in [-0.2, -0.15) is 0 Å². The lowest BCUT2D eigenvalue weighted by atomic mass is 10.2. The van der Waals surface area contributed by atoms with Crippen molar-refractivity contribution in [1.82, 2.24) is 0 Å². The van der Waals surface area contributed by atoms with E-state index in [9.17, 15) is 9.90 Å². The van der Waals surface area contributed by atoms with Gasteiger partial charge in [-0.25, -0.2) is 0 Å². The van der Waals surface area contributed by atoms with Crippen molar-refractivity contribution in [2.45, 2.75) is 0 Å². The predicted octanol–water partition coefficient (Wildman–Crippen LogP) is 0.648. The Morgan fingerprint density at radius 1 is 1.46 bits per heavy atom. The van der Waals surface area contributed by atoms with E-state index in [-0.39, 0.29) is 5.56 Å². The van der Waals surface area contributed by atoms with Gasteiger partial charge in [0.25, 0.3) is 0 Å². The highest BCUT2D eigenvalue weighted by Crippen LogP contribution is 2.08. The summed E-state index contributed by atoms with van der Waals surface area (Å²) in [6.07, 6.45) is 1.73. The summed E-state index contributed by atoms with van der Waals surface area (Å²) in [4.78, 5) is 10.4. The summed E-state index contributed by atoms with van der Waals surface area (Å²) in [5, 5.41) is 13.4. The van der Waals surface area contributed by atoms with Crippen LogP contribution in [-0.4, -0.2) is 12.5 Å². The number of hydrogen-bond acceptors (Lipinski definition) is 3. The van der Waals surface area contributed by atoms with E-state index >= 15 is 0 Å². The summed E-state index contributed by atoms with van der Waals surface area (Å²) < 4.78 is 0. The smallest absolute Gasteiger partial charge is 0.0715 e. The van der Waals surface area contributed by atoms with E-state index in [0.29, 0.717) is 6.54 Å². The molecule has 0 amide bonds. The van der Waals surface area contributed by atoms with Crippen molar-refractivity contribution in [1.29, 1.82) is 0 Å². The summed E-state index contributed by atoms with van der Waals surface area (Å²) in [6.45, 7) is 4.21. The second-order valence-corrected chi connectivity index (χ2v) is 2.53. The zero-order valence-corrected chi connectivity index (χ0v) is 7.12. The summed E-state index contributed by atoms with van der Waals surface area (Å²) in [7, 11) is 0. The van der Waals surface area contributed by atoms with Crippen LogP contribution in [0.4, 0.5) is 5.69 Å². The molecule has 0 spiro atoms. The lowest BCUT2D eigenvalue weighted by Crippen LogP contribution is -2.21. The third-order valence-corrected chi connectivity index (χ3v) is 1.57. The van der Waals surface area contributed by atoms with E-state index in [1.807, 2.05) is 0 Å². The predicted molar refractivity (Wildman–Crippen MR) is 49.5 cm³/mol. The van der Waals surface area contributed by atoms with Crippen LogP contribution in [0, 0.1) is 0 Å². The van der Waals surface area contributed by atoms with Crippen molar-refractivity contribution >= 4 is 11.7 Å². The summed E-state index contributed by atoms with van der Waals surface area (Å²) in [6, 6.07) is 6.38. The molecule has 3 heteroatoms. The fourth-order valence-electron chi connectivity index (χ4n) is 0.914. The number of rotatable bonds is 4. The molecule has 0 saturated heterocycles. The van der Waals surface area contributed by atoms with Gasteiger partial charge in [0.2, 0.25) is 0 Å². The SMILES string of the molecule is C=CCNc1ccc(C(=O)[O-])cc1. The molecule has 68 valence electrons. The Morgan fingerprint density at radius 3 is 2.54 bits per heavy atom. The van der Waals surface area contributed by atoms with E-state index in [1.54, 1.807) is 18.2 Å². The molecule has 1 N–H and O–H groups in total. The van der Waals surface area contributed by atoms with Crippen LogP contribution in [-0.2, 0) is 0 Å². The van der Waals surface area contributed by atoms with Crippen molar-refractivity contribution in [3.05, 3.63) is 42.5 Å². The normalized spacial score (nSPS) is 9.23. The van der Waals surface area contributed by atoms with Crippen LogP contribution in [0.2, 0.25) is 0 Å². The molecule has 1 aromatic rings. The van der Waals surface area contributed by atoms with Gasteiger partial charge in [0.15, 0.2) is 0 Å². The average molecular weight is 176 g/mol. The van der Waals surface area contributed by atoms with Crippen LogP contribution >= 0.6 is 0 Å². The Morgan fingerprint density at radius 2 is 2.08 bits per heavy atom. The fourth-order valence-corrected chi connectivity index (χ4v) is 0.914. The van der Waals surface area contributed by atoms with E-state index in [0.717, 1.165) is 5.69 Å². The molecule has 0 bridgehead atoms. The van der Waals surface area contributed by atoms with E-state index in [4.69, 9.17) is 0 Å². The third-order valence-electron chi connectivity index (χ3n) is 1.57. The van der Waals surface area contributed by atoms with Crippen molar-refractivity contribution in [3.8, 4) is 0 Å². The molecule has 0 aliphatic carbocycles. The number of carbonyl (C=O) groups excluding carboxylic acids is 1. The molecule has 1 aromatic carbocycles. The summed E-state index contributed by atoms with van der Waals surface area (Å²) in [5.41, 5.74) is 1.05. The maximum Gasteiger partial charge on any atom is 0.0715 e. The molecule has 0 aromatic heterocycles. The first-order valence-electron chi connectivity index (χ1n) is 3.90. The maximum absolute atomic E-state index is 10.4. The second kappa shape index (κ2) is 4.30. The number of carboxylic acid groups (broad SMARTS) is 1. The van der Waals surface area contributed by atoms with Crippen LogP contribution in [0.3, 0.4) is 0 Å². The zero-order valence-electron chi connectivity index (χ0n) is 7.12. The molecular weight excluding hydrogens is 166 g/mol. The zero-order chi connectivity index (χ0) is 9.68. The maximum atomic E-state index is 10.4. The Hall–Kier alpha value is -1.77. The molecular formula is C10H10NO2-. The van der Waals surface area contributed by atoms with E-state index in [2.05, 4.69) is 11.9 Å². The number of anilines is 1. The van der Waals surface area contributed by atoms with E-state index in [1.165, 1.54) is 12.1 Å². The van der Waals surface area contributed by atoms with Gasteiger partial charge in [-0.3, -0.25) is 0 Å². The topological polar surface area (TPSA) is 52.2 Å². The van der Waals surface area contributed by atoms with Gasteiger partial charge >= 0.3 is 0 Å². The molecule has 0 aliphatic rings. The van der Waals surface area contributed by atoms with Crippen LogP contribution < -0.4 is 10.4 Å². The minimum atomic E-state index is -1.16. The van der Waals surface area contributed by atoms with Gasteiger partial charge in [-0.15, -0.1) is 6.58 Å². The molecule has 0 heterocycles. The van der Waals surface area contributed by atoms with Gasteiger partial charge in [0, 0.05) is 12.2 Å². The Labute approximate surface area is 76.7 Å². The summed E-state index contributed by atoms with van der Waals surface area (Å²) in [5.74, 6) is -1.16. The fraction of sp³-hybridized carbons (Fsp3) is 0.100. The van der Waals surface area contributed by atoms with Gasteiger partial charge in [0.1, 0.15) is 0 Å². The molecule has 0 saturated carbocycles. The van der Waals surface area contributed by atoms with Gasteiger partial charge < -0.3 is 15.2 Å². The van der Waals surface area contributed by atoms with Crippen molar-refractivity contribution < 1.29 is 9.90 Å². The molecule has 0 atom stereocenters. The van der Waals surface area contributed by atoms with Crippen LogP contribution in [0.5, 0.6) is 0 Å². The Bertz CT molecular complexity index is 303. The lowest BCUT2D eigenvalue weighted by molar-refractivity contribution is -0.255. The van der Waals surface area contributed by atoms with E-state index < -0.39 is 5.97 Å². The first-order valence-corrected chi connectivity index (χ1v) is 3.90. The number of benzene rings is 1. The Balaban J connectivity index is 2.69. The lowest BCUT2D eigenvalue weighted by Gasteiger charge is -2.05. The first-order chi connectivity index (χ1) is 6.24. The number of hydrogen-bond donors (Lipinski definition) is 1. The summed E-state index contributed by atoms with van der Waals surface area (Å²) >= 11 is 0. The highest BCUT2D eigenvalue weighted by molar-refractivity contribution is 5.86. The average Bonchev–Trinajstić information content (AvgIpc) is 2.15. The number of nitrogens with one attached hydrogen (secondary N) is 1. The van der Waals surface area contributed by atoms with Gasteiger partial charge in [-0.1, -0.05) is 18.2 Å². The number of aromatic carboxylic acids is 1.